The highest BCUT2D eigenvalue weighted by Crippen LogP contribution is 2.22. The molecule has 5 nitrogen and oxygen atoms in total. The van der Waals surface area contributed by atoms with E-state index in [0.717, 1.165) is 16.6 Å². The van der Waals surface area contributed by atoms with Crippen LogP contribution in [0.5, 0.6) is 5.75 Å². The molecule has 0 saturated carbocycles. The number of hydrogen-bond acceptors (Lipinski definition) is 3. The van der Waals surface area contributed by atoms with Gasteiger partial charge in [-0.3, -0.25) is 15.0 Å². The molecule has 2 aromatic carbocycles. The Balaban J connectivity index is 1.80. The Bertz CT molecular complexity index is 773. The van der Waals surface area contributed by atoms with E-state index < -0.39 is 5.91 Å². The van der Waals surface area contributed by atoms with Crippen molar-refractivity contribution in [2.45, 2.75) is 0 Å². The molecule has 0 radical (unpaired) electrons. The second-order valence-electron chi connectivity index (χ2n) is 5.08. The number of halogens is 1. The lowest BCUT2D eigenvalue weighted by molar-refractivity contribution is -0.117. The molecule has 0 aliphatic carbocycles. The van der Waals surface area contributed by atoms with E-state index >= 15 is 0 Å². The first-order chi connectivity index (χ1) is 11.7. The molecular formula is C18H15BrN2O3. The third kappa shape index (κ3) is 3.49. The highest BCUT2D eigenvalue weighted by atomic mass is 79.9. The van der Waals surface area contributed by atoms with Crippen LogP contribution in [0.1, 0.15) is 5.56 Å². The number of rotatable bonds is 5. The van der Waals surface area contributed by atoms with Crippen LogP contribution in [0.15, 0.2) is 60.2 Å². The number of hydrazine groups is 1. The summed E-state index contributed by atoms with van der Waals surface area (Å²) in [4.78, 5) is 24.6. The summed E-state index contributed by atoms with van der Waals surface area (Å²) in [5.74, 6) is -0.0426. The van der Waals surface area contributed by atoms with E-state index in [1.807, 2.05) is 30.3 Å². The van der Waals surface area contributed by atoms with E-state index in [1.165, 1.54) is 5.01 Å². The van der Waals surface area contributed by atoms with Gasteiger partial charge in [0.1, 0.15) is 11.3 Å². The van der Waals surface area contributed by atoms with Crippen molar-refractivity contribution in [3.8, 4) is 5.75 Å². The van der Waals surface area contributed by atoms with Crippen LogP contribution < -0.4 is 15.2 Å². The molecule has 1 saturated heterocycles. The van der Waals surface area contributed by atoms with Crippen LogP contribution in [0.4, 0.5) is 5.69 Å². The van der Waals surface area contributed by atoms with E-state index in [2.05, 4.69) is 21.4 Å². The normalized spacial score (nSPS) is 15.7. The maximum atomic E-state index is 12.5. The van der Waals surface area contributed by atoms with Crippen LogP contribution >= 0.6 is 15.9 Å². The first-order valence-electron chi connectivity index (χ1n) is 7.40. The minimum Gasteiger partial charge on any atom is -0.493 e. The lowest BCUT2D eigenvalue weighted by Crippen LogP contribution is -2.35. The summed E-state index contributed by atoms with van der Waals surface area (Å²) in [6, 6.07) is 16.2. The summed E-state index contributed by atoms with van der Waals surface area (Å²) in [5.41, 5.74) is 4.06. The SMILES string of the molecule is O=C1NN(c2ccccc2)C(=O)/C1=C/c1ccc(OCCBr)cc1. The van der Waals surface area contributed by atoms with Gasteiger partial charge in [-0.25, -0.2) is 5.01 Å². The van der Waals surface area contributed by atoms with Crippen molar-refractivity contribution in [2.24, 2.45) is 0 Å². The lowest BCUT2D eigenvalue weighted by atomic mass is 10.1. The highest BCUT2D eigenvalue weighted by Gasteiger charge is 2.34. The van der Waals surface area contributed by atoms with Gasteiger partial charge in [0.05, 0.1) is 12.3 Å². The molecule has 2 aromatic rings. The molecule has 1 N–H and O–H groups in total. The number of alkyl halides is 1. The van der Waals surface area contributed by atoms with Gasteiger partial charge in [-0.1, -0.05) is 46.3 Å². The van der Waals surface area contributed by atoms with Crippen molar-refractivity contribution in [3.05, 3.63) is 65.7 Å². The van der Waals surface area contributed by atoms with E-state index in [0.29, 0.717) is 12.3 Å². The Kier molecular flexibility index (Phi) is 4.96. The fourth-order valence-electron chi connectivity index (χ4n) is 2.30. The number of amides is 2. The molecule has 1 aliphatic rings. The van der Waals surface area contributed by atoms with Crippen molar-refractivity contribution in [2.75, 3.05) is 16.9 Å². The molecule has 122 valence electrons. The van der Waals surface area contributed by atoms with Gasteiger partial charge in [0.25, 0.3) is 11.8 Å². The maximum absolute atomic E-state index is 12.5. The van der Waals surface area contributed by atoms with Crippen LogP contribution in [0.25, 0.3) is 6.08 Å². The average molecular weight is 387 g/mol. The largest absolute Gasteiger partial charge is 0.493 e. The first-order valence-corrected chi connectivity index (χ1v) is 8.52. The molecule has 1 fully saturated rings. The van der Waals surface area contributed by atoms with Crippen molar-refractivity contribution < 1.29 is 14.3 Å². The topological polar surface area (TPSA) is 58.6 Å². The molecule has 1 heterocycles. The predicted octanol–water partition coefficient (Wildman–Crippen LogP) is 2.92. The molecule has 2 amide bonds. The second-order valence-corrected chi connectivity index (χ2v) is 5.87. The summed E-state index contributed by atoms with van der Waals surface area (Å²) in [7, 11) is 0. The van der Waals surface area contributed by atoms with Gasteiger partial charge in [-0.05, 0) is 35.9 Å². The number of hydrogen-bond donors (Lipinski definition) is 1. The van der Waals surface area contributed by atoms with E-state index in [4.69, 9.17) is 4.74 Å². The highest BCUT2D eigenvalue weighted by molar-refractivity contribution is 9.09. The van der Waals surface area contributed by atoms with Crippen LogP contribution in [0.2, 0.25) is 0 Å². The summed E-state index contributed by atoms with van der Waals surface area (Å²) in [6.07, 6.45) is 1.58. The van der Waals surface area contributed by atoms with Gasteiger partial charge in [-0.2, -0.15) is 0 Å². The van der Waals surface area contributed by atoms with Crippen LogP contribution in [-0.2, 0) is 9.59 Å². The van der Waals surface area contributed by atoms with E-state index in [-0.39, 0.29) is 11.5 Å². The minimum atomic E-state index is -0.413. The molecular weight excluding hydrogens is 372 g/mol. The second kappa shape index (κ2) is 7.31. The van der Waals surface area contributed by atoms with Crippen LogP contribution in [-0.4, -0.2) is 23.8 Å². The van der Waals surface area contributed by atoms with Crippen molar-refractivity contribution >= 4 is 39.5 Å². The number of anilines is 1. The molecule has 0 spiro atoms. The molecule has 24 heavy (non-hydrogen) atoms. The zero-order valence-electron chi connectivity index (χ0n) is 12.7. The molecule has 1 aliphatic heterocycles. The van der Waals surface area contributed by atoms with Gasteiger partial charge in [-0.15, -0.1) is 0 Å². The summed E-state index contributed by atoms with van der Waals surface area (Å²) >= 11 is 3.30. The number of carbonyl (C=O) groups excluding carboxylic acids is 2. The average Bonchev–Trinajstić information content (AvgIpc) is 2.90. The number of ether oxygens (including phenoxy) is 1. The standard InChI is InChI=1S/C18H15BrN2O3/c19-10-11-24-15-8-6-13(7-9-15)12-16-17(22)20-21(18(16)23)14-4-2-1-3-5-14/h1-9,12H,10-11H2,(H,20,22)/b16-12+. The quantitative estimate of drug-likeness (QED) is 0.488. The first kappa shape index (κ1) is 16.3. The maximum Gasteiger partial charge on any atom is 0.282 e. The van der Waals surface area contributed by atoms with E-state index in [9.17, 15) is 9.59 Å². The molecule has 3 rings (SSSR count). The molecule has 0 aromatic heterocycles. The number of nitrogens with zero attached hydrogens (tertiary/aromatic N) is 1. The molecule has 0 bridgehead atoms. The zero-order valence-corrected chi connectivity index (χ0v) is 14.3. The number of benzene rings is 2. The van der Waals surface area contributed by atoms with Crippen molar-refractivity contribution in [3.63, 3.8) is 0 Å². The Morgan fingerprint density at radius 1 is 1.04 bits per heavy atom. The van der Waals surface area contributed by atoms with Crippen LogP contribution in [0.3, 0.4) is 0 Å². The number of para-hydroxylation sites is 1. The Morgan fingerprint density at radius 2 is 1.75 bits per heavy atom. The van der Waals surface area contributed by atoms with Gasteiger partial charge in [0.15, 0.2) is 0 Å². The molecule has 6 heteroatoms. The third-order valence-corrected chi connectivity index (χ3v) is 3.77. The zero-order chi connectivity index (χ0) is 16.9. The Labute approximate surface area is 148 Å². The Hall–Kier alpha value is -2.60. The fraction of sp³-hybridized carbons (Fsp3) is 0.111. The summed E-state index contributed by atoms with van der Waals surface area (Å²) in [6.45, 7) is 0.577. The van der Waals surface area contributed by atoms with Crippen LogP contribution in [0, 0.1) is 0 Å². The Morgan fingerprint density at radius 3 is 2.42 bits per heavy atom. The van der Waals surface area contributed by atoms with E-state index in [1.54, 1.807) is 30.3 Å². The summed E-state index contributed by atoms with van der Waals surface area (Å²) in [5, 5.41) is 2.00. The molecule has 0 unspecified atom stereocenters. The number of carbonyl (C=O) groups is 2. The third-order valence-electron chi connectivity index (χ3n) is 3.44. The predicted molar refractivity (Wildman–Crippen MR) is 95.8 cm³/mol. The number of nitrogens with one attached hydrogen (secondary N) is 1. The minimum absolute atomic E-state index is 0.105. The lowest BCUT2D eigenvalue weighted by Gasteiger charge is -2.13. The monoisotopic (exact) mass is 386 g/mol. The van der Waals surface area contributed by atoms with Crippen molar-refractivity contribution in [1.82, 2.24) is 5.43 Å². The van der Waals surface area contributed by atoms with Gasteiger partial charge in [0, 0.05) is 5.33 Å². The van der Waals surface area contributed by atoms with Gasteiger partial charge < -0.3 is 4.74 Å². The van der Waals surface area contributed by atoms with Gasteiger partial charge >= 0.3 is 0 Å². The fourth-order valence-corrected chi connectivity index (χ4v) is 2.46. The van der Waals surface area contributed by atoms with Crippen molar-refractivity contribution in [1.29, 1.82) is 0 Å². The van der Waals surface area contributed by atoms with Gasteiger partial charge in [0.2, 0.25) is 0 Å². The molecule has 0 atom stereocenters. The summed E-state index contributed by atoms with van der Waals surface area (Å²) < 4.78 is 5.48. The smallest absolute Gasteiger partial charge is 0.282 e.